The zero-order valence-electron chi connectivity index (χ0n) is 15.4. The zero-order valence-corrected chi connectivity index (χ0v) is 15.4. The first kappa shape index (κ1) is 17.5. The molecule has 0 unspecified atom stereocenters. The molecule has 1 aliphatic rings. The fourth-order valence-electron chi connectivity index (χ4n) is 3.87. The fraction of sp³-hybridized carbons (Fsp3) is 0.273. The summed E-state index contributed by atoms with van der Waals surface area (Å²) >= 11 is 0. The van der Waals surface area contributed by atoms with Gasteiger partial charge in [0.1, 0.15) is 17.5 Å². The first-order valence-corrected chi connectivity index (χ1v) is 9.17. The molecule has 0 aliphatic heterocycles. The van der Waals surface area contributed by atoms with Crippen LogP contribution in [0.4, 0.5) is 0 Å². The monoisotopic (exact) mass is 361 g/mol. The van der Waals surface area contributed by atoms with Crippen LogP contribution in [0.15, 0.2) is 71.4 Å². The third kappa shape index (κ3) is 3.51. The number of likely N-dealkylation sites (N-methyl/N-ethyl adjacent to an activating group) is 1. The minimum atomic E-state index is -0.608. The summed E-state index contributed by atoms with van der Waals surface area (Å²) in [6.45, 7) is 1.08. The molecule has 3 aromatic rings. The molecule has 0 spiro atoms. The Balaban J connectivity index is 1.58. The predicted octanol–water partition coefficient (Wildman–Crippen LogP) is 2.96. The number of amides is 1. The van der Waals surface area contributed by atoms with E-state index in [4.69, 9.17) is 4.52 Å². The van der Waals surface area contributed by atoms with Gasteiger partial charge in [0.25, 0.3) is 0 Å². The SMILES string of the molecule is CN(Cc1ccccc1)C1(C(=O)NCc2ccon2)Cc2ccccc2C1. The maximum Gasteiger partial charge on any atom is 0.241 e. The smallest absolute Gasteiger partial charge is 0.241 e. The fourth-order valence-corrected chi connectivity index (χ4v) is 3.87. The van der Waals surface area contributed by atoms with Gasteiger partial charge in [0, 0.05) is 25.5 Å². The Labute approximate surface area is 159 Å². The summed E-state index contributed by atoms with van der Waals surface area (Å²) in [6.07, 6.45) is 2.93. The van der Waals surface area contributed by atoms with E-state index in [1.54, 1.807) is 6.07 Å². The molecule has 0 atom stereocenters. The van der Waals surface area contributed by atoms with Gasteiger partial charge in [-0.3, -0.25) is 9.69 Å². The molecule has 1 heterocycles. The Morgan fingerprint density at radius 3 is 2.37 bits per heavy atom. The van der Waals surface area contributed by atoms with Crippen molar-refractivity contribution in [2.24, 2.45) is 0 Å². The molecule has 138 valence electrons. The van der Waals surface area contributed by atoms with Gasteiger partial charge in [0.2, 0.25) is 5.91 Å². The summed E-state index contributed by atoms with van der Waals surface area (Å²) in [5.41, 5.74) is 3.80. The predicted molar refractivity (Wildman–Crippen MR) is 103 cm³/mol. The van der Waals surface area contributed by atoms with Crippen LogP contribution in [-0.4, -0.2) is 28.6 Å². The van der Waals surface area contributed by atoms with Gasteiger partial charge >= 0.3 is 0 Å². The first-order chi connectivity index (χ1) is 13.2. The van der Waals surface area contributed by atoms with Crippen molar-refractivity contribution >= 4 is 5.91 Å². The second-order valence-corrected chi connectivity index (χ2v) is 7.17. The molecule has 5 heteroatoms. The van der Waals surface area contributed by atoms with Gasteiger partial charge in [0.15, 0.2) is 0 Å². The number of hydrogen-bond donors (Lipinski definition) is 1. The summed E-state index contributed by atoms with van der Waals surface area (Å²) in [5.74, 6) is 0.0279. The van der Waals surface area contributed by atoms with Gasteiger partial charge in [-0.2, -0.15) is 0 Å². The Bertz CT molecular complexity index is 881. The number of aromatic nitrogens is 1. The number of carbonyl (C=O) groups is 1. The molecule has 0 radical (unpaired) electrons. The lowest BCUT2D eigenvalue weighted by atomic mass is 9.91. The molecule has 0 saturated carbocycles. The number of nitrogens with zero attached hydrogens (tertiary/aromatic N) is 2. The molecule has 4 rings (SSSR count). The van der Waals surface area contributed by atoms with Gasteiger partial charge in [-0.05, 0) is 23.7 Å². The Kier molecular flexibility index (Phi) is 4.77. The molecule has 1 aliphatic carbocycles. The lowest BCUT2D eigenvalue weighted by Gasteiger charge is -2.37. The molecule has 0 bridgehead atoms. The Hall–Kier alpha value is -2.92. The molecule has 0 fully saturated rings. The van der Waals surface area contributed by atoms with Crippen LogP contribution in [0.1, 0.15) is 22.4 Å². The zero-order chi connectivity index (χ0) is 18.7. The minimum Gasteiger partial charge on any atom is -0.364 e. The molecule has 1 N–H and O–H groups in total. The van der Waals surface area contributed by atoms with Gasteiger partial charge in [0.05, 0.1) is 6.54 Å². The number of hydrogen-bond acceptors (Lipinski definition) is 4. The van der Waals surface area contributed by atoms with Gasteiger partial charge in [-0.15, -0.1) is 0 Å². The van der Waals surface area contributed by atoms with E-state index in [0.717, 1.165) is 5.69 Å². The van der Waals surface area contributed by atoms with Crippen molar-refractivity contribution in [1.82, 2.24) is 15.4 Å². The van der Waals surface area contributed by atoms with Crippen LogP contribution >= 0.6 is 0 Å². The highest BCUT2D eigenvalue weighted by Crippen LogP contribution is 2.35. The maximum absolute atomic E-state index is 13.4. The molecule has 1 amide bonds. The molecule has 5 nitrogen and oxygen atoms in total. The summed E-state index contributed by atoms with van der Waals surface area (Å²) in [7, 11) is 2.04. The number of rotatable bonds is 6. The topological polar surface area (TPSA) is 58.4 Å². The summed E-state index contributed by atoms with van der Waals surface area (Å²) < 4.78 is 4.86. The number of nitrogens with one attached hydrogen (secondary N) is 1. The van der Waals surface area contributed by atoms with Crippen LogP contribution in [0.5, 0.6) is 0 Å². The molecular formula is C22H23N3O2. The van der Waals surface area contributed by atoms with E-state index in [9.17, 15) is 4.79 Å². The normalized spacial score (nSPS) is 14.9. The summed E-state index contributed by atoms with van der Waals surface area (Å²) in [5, 5.41) is 6.95. The van der Waals surface area contributed by atoms with Crippen LogP contribution in [0.2, 0.25) is 0 Å². The van der Waals surface area contributed by atoms with Crippen molar-refractivity contribution in [3.8, 4) is 0 Å². The quantitative estimate of drug-likeness (QED) is 0.733. The number of fused-ring (bicyclic) bond motifs is 1. The van der Waals surface area contributed by atoms with Crippen molar-refractivity contribution in [3.63, 3.8) is 0 Å². The van der Waals surface area contributed by atoms with Crippen molar-refractivity contribution < 1.29 is 9.32 Å². The third-order valence-corrected chi connectivity index (χ3v) is 5.42. The average Bonchev–Trinajstić information content (AvgIpc) is 3.35. The molecule has 2 aromatic carbocycles. The Morgan fingerprint density at radius 2 is 1.74 bits per heavy atom. The number of benzene rings is 2. The second kappa shape index (κ2) is 7.37. The van der Waals surface area contributed by atoms with Crippen molar-refractivity contribution in [1.29, 1.82) is 0 Å². The molecule has 27 heavy (non-hydrogen) atoms. The van der Waals surface area contributed by atoms with Crippen molar-refractivity contribution in [3.05, 3.63) is 89.3 Å². The summed E-state index contributed by atoms with van der Waals surface area (Å²) in [4.78, 5) is 15.5. The molecule has 1 aromatic heterocycles. The van der Waals surface area contributed by atoms with E-state index in [1.165, 1.54) is 23.0 Å². The summed E-state index contributed by atoms with van der Waals surface area (Å²) in [6, 6.07) is 20.4. The first-order valence-electron chi connectivity index (χ1n) is 9.17. The highest BCUT2D eigenvalue weighted by atomic mass is 16.5. The van der Waals surface area contributed by atoms with Gasteiger partial charge < -0.3 is 9.84 Å². The van der Waals surface area contributed by atoms with Gasteiger partial charge in [-0.25, -0.2) is 0 Å². The van der Waals surface area contributed by atoms with E-state index in [1.807, 2.05) is 37.4 Å². The minimum absolute atomic E-state index is 0.0279. The van der Waals surface area contributed by atoms with E-state index >= 15 is 0 Å². The van der Waals surface area contributed by atoms with E-state index in [-0.39, 0.29) is 5.91 Å². The highest BCUT2D eigenvalue weighted by molar-refractivity contribution is 5.88. The second-order valence-electron chi connectivity index (χ2n) is 7.17. The largest absolute Gasteiger partial charge is 0.364 e. The molecular weight excluding hydrogens is 338 g/mol. The van der Waals surface area contributed by atoms with E-state index in [2.05, 4.69) is 39.6 Å². The van der Waals surface area contributed by atoms with Crippen LogP contribution in [0.3, 0.4) is 0 Å². The highest BCUT2D eigenvalue weighted by Gasteiger charge is 2.46. The maximum atomic E-state index is 13.4. The lowest BCUT2D eigenvalue weighted by molar-refractivity contribution is -0.133. The standard InChI is InChI=1S/C22H23N3O2/c1-25(16-17-7-3-2-4-8-17)22(13-18-9-5-6-10-19(18)14-22)21(26)23-15-20-11-12-27-24-20/h2-12H,13-16H2,1H3,(H,23,26). The average molecular weight is 361 g/mol. The third-order valence-electron chi connectivity index (χ3n) is 5.42. The van der Waals surface area contributed by atoms with Crippen molar-refractivity contribution in [2.45, 2.75) is 31.5 Å². The number of carbonyl (C=O) groups excluding carboxylic acids is 1. The van der Waals surface area contributed by atoms with Crippen LogP contribution < -0.4 is 5.32 Å². The van der Waals surface area contributed by atoms with Crippen LogP contribution in [0, 0.1) is 0 Å². The lowest BCUT2D eigenvalue weighted by Crippen LogP contribution is -2.58. The van der Waals surface area contributed by atoms with E-state index in [0.29, 0.717) is 25.9 Å². The van der Waals surface area contributed by atoms with Crippen LogP contribution in [-0.2, 0) is 30.7 Å². The van der Waals surface area contributed by atoms with Crippen LogP contribution in [0.25, 0.3) is 0 Å². The van der Waals surface area contributed by atoms with Gasteiger partial charge in [-0.1, -0.05) is 59.8 Å². The van der Waals surface area contributed by atoms with Crippen molar-refractivity contribution in [2.75, 3.05) is 7.05 Å². The molecule has 0 saturated heterocycles. The Morgan fingerprint density at radius 1 is 1.07 bits per heavy atom. The van der Waals surface area contributed by atoms with E-state index < -0.39 is 5.54 Å².